The first-order valence-electron chi connectivity index (χ1n) is 10.4. The zero-order chi connectivity index (χ0) is 27.2. The molecule has 37 heavy (non-hydrogen) atoms. The summed E-state index contributed by atoms with van der Waals surface area (Å²) in [6.45, 7) is 1.33. The molecule has 0 aliphatic rings. The molecule has 0 atom stereocenters. The van der Waals surface area contributed by atoms with Crippen LogP contribution >= 0.6 is 23.2 Å². The first-order chi connectivity index (χ1) is 17.5. The van der Waals surface area contributed by atoms with E-state index in [0.717, 1.165) is 0 Å². The Bertz CT molecular complexity index is 1530. The molecule has 0 unspecified atom stereocenters. The summed E-state index contributed by atoms with van der Waals surface area (Å²) in [7, 11) is -3.05. The van der Waals surface area contributed by atoms with Gasteiger partial charge in [-0.2, -0.15) is 13.7 Å². The summed E-state index contributed by atoms with van der Waals surface area (Å²) in [5.74, 6) is -1.33. The van der Waals surface area contributed by atoms with Gasteiger partial charge in [0.2, 0.25) is 11.7 Å². The molecule has 0 aliphatic carbocycles. The van der Waals surface area contributed by atoms with E-state index in [4.69, 9.17) is 32.1 Å². The summed E-state index contributed by atoms with van der Waals surface area (Å²) in [5, 5.41) is 14.9. The highest BCUT2D eigenvalue weighted by atomic mass is 35.5. The van der Waals surface area contributed by atoms with Crippen LogP contribution in [0.4, 0.5) is 11.4 Å². The van der Waals surface area contributed by atoms with Crippen molar-refractivity contribution < 1.29 is 26.9 Å². The van der Waals surface area contributed by atoms with Gasteiger partial charge in [-0.1, -0.05) is 29.3 Å². The molecule has 0 saturated carbocycles. The van der Waals surface area contributed by atoms with Crippen LogP contribution in [0.2, 0.25) is 10.0 Å². The Morgan fingerprint density at radius 3 is 2.30 bits per heavy atom. The van der Waals surface area contributed by atoms with Gasteiger partial charge in [-0.3, -0.25) is 9.59 Å². The molecule has 0 fully saturated rings. The Balaban J connectivity index is 1.87. The maximum atomic E-state index is 12.8. The Morgan fingerprint density at radius 1 is 1.00 bits per heavy atom. The van der Waals surface area contributed by atoms with Crippen LogP contribution in [0.1, 0.15) is 12.5 Å². The monoisotopic (exact) mass is 559 g/mol. The lowest BCUT2D eigenvalue weighted by molar-refractivity contribution is -0.114. The topological polar surface area (TPSA) is 135 Å². The van der Waals surface area contributed by atoms with Gasteiger partial charge in [0.25, 0.3) is 5.91 Å². The van der Waals surface area contributed by atoms with Crippen molar-refractivity contribution in [2.45, 2.75) is 11.8 Å². The standard InChI is InChI=1S/C25H19Cl2N3O6S/c1-15(31)29-19-6-8-21(9-7-19)37(33,34)36-24-22(27)11-16(12-23(24)35-2)10-17(14-28)25(32)30-20-5-3-4-18(26)13-20/h3-13H,1-2H3,(H,29,31)(H,30,32)/b17-10+. The molecule has 12 heteroatoms. The van der Waals surface area contributed by atoms with E-state index >= 15 is 0 Å². The highest BCUT2D eigenvalue weighted by molar-refractivity contribution is 7.87. The third kappa shape index (κ3) is 7.24. The van der Waals surface area contributed by atoms with E-state index in [-0.39, 0.29) is 38.5 Å². The van der Waals surface area contributed by atoms with Crippen molar-refractivity contribution >= 4 is 62.6 Å². The Kier molecular flexibility index (Phi) is 8.78. The van der Waals surface area contributed by atoms with E-state index in [2.05, 4.69) is 10.6 Å². The second-order valence-corrected chi connectivity index (χ2v) is 9.80. The van der Waals surface area contributed by atoms with Gasteiger partial charge in [0.15, 0.2) is 5.75 Å². The number of anilines is 2. The largest absolute Gasteiger partial charge is 0.493 e. The summed E-state index contributed by atoms with van der Waals surface area (Å²) in [6.07, 6.45) is 1.26. The van der Waals surface area contributed by atoms with Crippen LogP contribution < -0.4 is 19.6 Å². The third-order valence-electron chi connectivity index (χ3n) is 4.67. The molecule has 0 bridgehead atoms. The number of hydrogen-bond donors (Lipinski definition) is 2. The first-order valence-corrected chi connectivity index (χ1v) is 12.6. The number of hydrogen-bond acceptors (Lipinski definition) is 7. The number of nitrogens with zero attached hydrogens (tertiary/aromatic N) is 1. The van der Waals surface area contributed by atoms with E-state index in [1.807, 2.05) is 6.07 Å². The third-order valence-corrected chi connectivity index (χ3v) is 6.42. The summed E-state index contributed by atoms with van der Waals surface area (Å²) in [4.78, 5) is 23.5. The van der Waals surface area contributed by atoms with E-state index in [9.17, 15) is 23.3 Å². The number of ether oxygens (including phenoxy) is 1. The zero-order valence-corrected chi connectivity index (χ0v) is 21.7. The van der Waals surface area contributed by atoms with E-state index in [1.54, 1.807) is 18.2 Å². The molecule has 0 spiro atoms. The minimum atomic E-state index is -4.33. The van der Waals surface area contributed by atoms with Gasteiger partial charge in [-0.05, 0) is 66.2 Å². The second-order valence-electron chi connectivity index (χ2n) is 7.41. The molecule has 9 nitrogen and oxygen atoms in total. The van der Waals surface area contributed by atoms with E-state index in [1.165, 1.54) is 62.6 Å². The molecule has 3 rings (SSSR count). The number of amides is 2. The number of nitriles is 1. The second kappa shape index (κ2) is 11.8. The highest BCUT2D eigenvalue weighted by Crippen LogP contribution is 2.39. The molecule has 0 heterocycles. The van der Waals surface area contributed by atoms with Gasteiger partial charge >= 0.3 is 10.1 Å². The Hall–Kier alpha value is -4.04. The van der Waals surface area contributed by atoms with Gasteiger partial charge in [0, 0.05) is 23.3 Å². The zero-order valence-electron chi connectivity index (χ0n) is 19.4. The number of nitrogens with one attached hydrogen (secondary N) is 2. The van der Waals surface area contributed by atoms with Crippen molar-refractivity contribution in [1.82, 2.24) is 0 Å². The van der Waals surface area contributed by atoms with Crippen molar-refractivity contribution in [3.8, 4) is 17.6 Å². The molecule has 0 aromatic heterocycles. The van der Waals surface area contributed by atoms with E-state index in [0.29, 0.717) is 16.4 Å². The van der Waals surface area contributed by atoms with Crippen LogP contribution in [-0.2, 0) is 19.7 Å². The summed E-state index contributed by atoms with van der Waals surface area (Å²) in [6, 6.07) is 16.2. The van der Waals surface area contributed by atoms with Gasteiger partial charge < -0.3 is 19.6 Å². The molecular formula is C25H19Cl2N3O6S. The van der Waals surface area contributed by atoms with E-state index < -0.39 is 16.0 Å². The smallest absolute Gasteiger partial charge is 0.339 e. The quantitative estimate of drug-likeness (QED) is 0.218. The number of methoxy groups -OCH3 is 1. The van der Waals surface area contributed by atoms with Gasteiger partial charge in [-0.15, -0.1) is 0 Å². The predicted octanol–water partition coefficient (Wildman–Crippen LogP) is 5.27. The first kappa shape index (κ1) is 27.5. The maximum absolute atomic E-state index is 12.8. The Labute approximate surface area is 223 Å². The van der Waals surface area contributed by atoms with Crippen LogP contribution in [-0.4, -0.2) is 27.3 Å². The normalized spacial score (nSPS) is 11.3. The van der Waals surface area contributed by atoms with Crippen LogP contribution in [0.5, 0.6) is 11.5 Å². The molecule has 3 aromatic rings. The lowest BCUT2D eigenvalue weighted by Crippen LogP contribution is -2.13. The molecule has 0 aliphatic heterocycles. The van der Waals surface area contributed by atoms with Crippen molar-refractivity contribution in [2.75, 3.05) is 17.7 Å². The average molecular weight is 560 g/mol. The molecule has 3 aromatic carbocycles. The number of rotatable bonds is 8. The van der Waals surface area contributed by atoms with Crippen molar-refractivity contribution in [3.63, 3.8) is 0 Å². The van der Waals surface area contributed by atoms with Gasteiger partial charge in [-0.25, -0.2) is 0 Å². The fourth-order valence-electron chi connectivity index (χ4n) is 3.05. The fourth-order valence-corrected chi connectivity index (χ4v) is 4.50. The Morgan fingerprint density at radius 2 is 1.70 bits per heavy atom. The average Bonchev–Trinajstić information content (AvgIpc) is 2.83. The maximum Gasteiger partial charge on any atom is 0.339 e. The number of carbonyl (C=O) groups is 2. The predicted molar refractivity (Wildman–Crippen MR) is 140 cm³/mol. The molecule has 2 amide bonds. The number of carbonyl (C=O) groups excluding carboxylic acids is 2. The molecular weight excluding hydrogens is 541 g/mol. The summed E-state index contributed by atoms with van der Waals surface area (Å²) in [5.41, 5.74) is 0.835. The molecule has 0 saturated heterocycles. The van der Waals surface area contributed by atoms with Gasteiger partial charge in [0.05, 0.1) is 12.1 Å². The minimum absolute atomic E-state index is 0.0512. The summed E-state index contributed by atoms with van der Waals surface area (Å²) < 4.78 is 36.1. The lowest BCUT2D eigenvalue weighted by atomic mass is 10.1. The van der Waals surface area contributed by atoms with Crippen molar-refractivity contribution in [1.29, 1.82) is 5.26 Å². The number of halogens is 2. The molecule has 190 valence electrons. The summed E-state index contributed by atoms with van der Waals surface area (Å²) >= 11 is 12.2. The van der Waals surface area contributed by atoms with Crippen molar-refractivity contribution in [3.05, 3.63) is 81.8 Å². The van der Waals surface area contributed by atoms with Crippen LogP contribution in [0.15, 0.2) is 71.1 Å². The molecule has 0 radical (unpaired) electrons. The van der Waals surface area contributed by atoms with Crippen molar-refractivity contribution in [2.24, 2.45) is 0 Å². The fraction of sp³-hybridized carbons (Fsp3) is 0.0800. The lowest BCUT2D eigenvalue weighted by Gasteiger charge is -2.14. The van der Waals surface area contributed by atoms with Gasteiger partial charge in [0.1, 0.15) is 16.5 Å². The molecule has 2 N–H and O–H groups in total. The highest BCUT2D eigenvalue weighted by Gasteiger charge is 2.22. The number of benzene rings is 3. The minimum Gasteiger partial charge on any atom is -0.493 e. The SMILES string of the molecule is COc1cc(/C=C(\C#N)C(=O)Nc2cccc(Cl)c2)cc(Cl)c1OS(=O)(=O)c1ccc(NC(C)=O)cc1. The van der Waals surface area contributed by atoms with Crippen LogP contribution in [0, 0.1) is 11.3 Å². The van der Waals surface area contributed by atoms with Crippen LogP contribution in [0.3, 0.4) is 0 Å². The van der Waals surface area contributed by atoms with Crippen LogP contribution in [0.25, 0.3) is 6.08 Å².